The SMILES string of the molecule is [2H]/C(=C\C(=O)Cc1c(OC([2H])([2H])C([2H])([2H])[2H])c([2H])c2nc([2H])c(C#N)c(Nc3c([2H])c([2H])c(OC([2H])([2H])c4nc(C)c([2H])c([2H])c4[2H])c(Cl)c3[2H])c2c1[2H])C([2H])([2H])N(C)C. The lowest BCUT2D eigenvalue weighted by Crippen LogP contribution is -2.11. The Morgan fingerprint density at radius 1 is 1.27 bits per heavy atom. The molecule has 0 atom stereocenters. The van der Waals surface area contributed by atoms with Crippen LogP contribution in [0.15, 0.2) is 66.6 Å². The molecule has 0 unspecified atom stereocenters. The molecule has 0 aliphatic heterocycles. The molecule has 9 heteroatoms. The number of pyridine rings is 2. The number of carbonyl (C=O) groups is 1. The number of nitrogens with zero attached hydrogens (tertiary/aromatic N) is 4. The standard InChI is InChI=1S/C32H32ClN5O3/c1-5-40-31-17-29-27(15-22(31)14-26(39)10-7-13-38(3)4)32(23(18-34)19-35-29)37-24-11-12-30(28(33)16-24)41-20-25-9-6-8-21(2)36-25/h6-12,15-17,19H,5,13-14,20H2,1-4H3,(H,35,37)/b10-7+/i1D3,5D2,6D,7D,8D,9D,11D,12D,13D2,15D,16D,17D,19D,20D2. The summed E-state index contributed by atoms with van der Waals surface area (Å²) in [6, 6.07) is -5.95. The molecule has 4 rings (SSSR count). The van der Waals surface area contributed by atoms with E-state index in [0.717, 1.165) is 4.90 Å². The number of ketones is 1. The van der Waals surface area contributed by atoms with Gasteiger partial charge in [-0.2, -0.15) is 5.26 Å². The number of ether oxygens (including phenoxy) is 2. The van der Waals surface area contributed by atoms with Gasteiger partial charge in [-0.25, -0.2) is 0 Å². The number of hydrogen-bond acceptors (Lipinski definition) is 8. The Kier molecular flexibility index (Phi) is 4.52. The predicted octanol–water partition coefficient (Wildman–Crippen LogP) is 6.41. The van der Waals surface area contributed by atoms with Crippen LogP contribution in [0.2, 0.25) is 5.02 Å². The van der Waals surface area contributed by atoms with E-state index in [0.29, 0.717) is 6.08 Å². The smallest absolute Gasteiger partial charge is 0.159 e. The second-order valence-electron chi connectivity index (χ2n) is 8.15. The van der Waals surface area contributed by atoms with Crippen molar-refractivity contribution in [1.82, 2.24) is 14.9 Å². The summed E-state index contributed by atoms with van der Waals surface area (Å²) in [4.78, 5) is 22.0. The number of likely N-dealkylation sites (N-methyl/N-ethyl adjacent to an activating group) is 1. The molecule has 0 bridgehead atoms. The summed E-state index contributed by atoms with van der Waals surface area (Å²) in [5, 5.41) is 11.2. The van der Waals surface area contributed by atoms with Crippen LogP contribution in [0.25, 0.3) is 10.9 Å². The van der Waals surface area contributed by atoms with Gasteiger partial charge in [-0.15, -0.1) is 0 Å². The molecular formula is C32H32ClN5O3. The largest absolute Gasteiger partial charge is 0.494 e. The number of fused-ring (bicyclic) bond motifs is 1. The van der Waals surface area contributed by atoms with Crippen LogP contribution >= 0.6 is 11.6 Å². The van der Waals surface area contributed by atoms with Gasteiger partial charge in [0.2, 0.25) is 0 Å². The van der Waals surface area contributed by atoms with E-state index in [1.807, 2.05) is 0 Å². The molecule has 1 N–H and O–H groups in total. The van der Waals surface area contributed by atoms with E-state index in [-0.39, 0.29) is 5.69 Å². The zero-order valence-electron chi connectivity index (χ0n) is 40.7. The maximum Gasteiger partial charge on any atom is 0.159 e. The molecule has 41 heavy (non-hydrogen) atoms. The second kappa shape index (κ2) is 13.8. The molecule has 0 radical (unpaired) electrons. The summed E-state index contributed by atoms with van der Waals surface area (Å²) in [5.41, 5.74) is -4.45. The maximum atomic E-state index is 13.4. The lowest BCUT2D eigenvalue weighted by molar-refractivity contribution is -0.114. The summed E-state index contributed by atoms with van der Waals surface area (Å²) >= 11 is 6.41. The Balaban J connectivity index is 2.02. The first-order valence-corrected chi connectivity index (χ1v) is 11.9. The number of rotatable bonds is 12. The highest BCUT2D eigenvalue weighted by Gasteiger charge is 2.16. The van der Waals surface area contributed by atoms with Gasteiger partial charge in [0, 0.05) is 54.3 Å². The second-order valence-corrected chi connectivity index (χ2v) is 8.53. The zero-order valence-corrected chi connectivity index (χ0v) is 22.4. The number of benzene rings is 2. The van der Waals surface area contributed by atoms with Gasteiger partial charge in [-0.05, 0) is 70.2 Å². The van der Waals surface area contributed by atoms with Crippen LogP contribution in [0.5, 0.6) is 11.5 Å². The summed E-state index contributed by atoms with van der Waals surface area (Å²) < 4.78 is 167. The summed E-state index contributed by atoms with van der Waals surface area (Å²) in [5.74, 6) is -3.05. The zero-order chi connectivity index (χ0) is 45.9. The highest BCUT2D eigenvalue weighted by molar-refractivity contribution is 6.32. The lowest BCUT2D eigenvalue weighted by Gasteiger charge is -2.16. The van der Waals surface area contributed by atoms with E-state index >= 15 is 0 Å². The maximum absolute atomic E-state index is 13.4. The molecule has 0 saturated carbocycles. The number of nitrogens with one attached hydrogen (secondary N) is 1. The first kappa shape index (κ1) is 13.5. The van der Waals surface area contributed by atoms with Crippen LogP contribution in [0.4, 0.5) is 11.4 Å². The van der Waals surface area contributed by atoms with Gasteiger partial charge < -0.3 is 19.7 Å². The molecule has 0 fully saturated rings. The molecule has 2 aromatic heterocycles. The third-order valence-electron chi connectivity index (χ3n) is 4.87. The predicted molar refractivity (Wildman–Crippen MR) is 162 cm³/mol. The molecule has 2 aromatic carbocycles. The number of carbonyl (C=O) groups excluding carboxylic acids is 1. The molecule has 8 nitrogen and oxygen atoms in total. The number of hydrogen-bond donors (Lipinski definition) is 1. The van der Waals surface area contributed by atoms with Gasteiger partial charge in [0.1, 0.15) is 24.1 Å². The monoisotopic (exact) mass is 588 g/mol. The number of nitriles is 1. The number of anilines is 2. The molecule has 2 heterocycles. The minimum absolute atomic E-state index is 0.138. The first-order valence-electron chi connectivity index (χ1n) is 21.0. The van der Waals surface area contributed by atoms with Crippen molar-refractivity contribution in [3.63, 3.8) is 0 Å². The highest BCUT2D eigenvalue weighted by atomic mass is 35.5. The van der Waals surface area contributed by atoms with Crippen LogP contribution in [0.3, 0.4) is 0 Å². The van der Waals surface area contributed by atoms with Gasteiger partial charge in [-0.3, -0.25) is 14.8 Å². The van der Waals surface area contributed by atoms with Gasteiger partial charge in [0.15, 0.2) is 5.78 Å². The first-order chi connectivity index (χ1) is 27.3. The molecule has 210 valence electrons. The Hall–Kier alpha value is -4.45. The Morgan fingerprint density at radius 2 is 2.12 bits per heavy atom. The molecule has 0 spiro atoms. The topological polar surface area (TPSA) is 100 Å². The fourth-order valence-corrected chi connectivity index (χ4v) is 3.37. The summed E-state index contributed by atoms with van der Waals surface area (Å²) in [6.45, 7) is -11.4. The van der Waals surface area contributed by atoms with Gasteiger partial charge >= 0.3 is 0 Å². The minimum Gasteiger partial charge on any atom is -0.494 e. The van der Waals surface area contributed by atoms with Crippen molar-refractivity contribution in [2.75, 3.05) is 32.5 Å². The fraction of sp³-hybridized carbons (Fsp3) is 0.250. The van der Waals surface area contributed by atoms with Crippen LogP contribution < -0.4 is 14.8 Å². The quantitative estimate of drug-likeness (QED) is 0.189. The molecule has 0 amide bonds. The van der Waals surface area contributed by atoms with Crippen molar-refractivity contribution in [3.05, 3.63) is 94.2 Å². The van der Waals surface area contributed by atoms with Crippen molar-refractivity contribution in [2.45, 2.75) is 26.8 Å². The average Bonchev–Trinajstić information content (AvgIpc) is 3.14. The van der Waals surface area contributed by atoms with E-state index in [1.54, 1.807) is 6.07 Å². The Labute approximate surface area is 271 Å². The van der Waals surface area contributed by atoms with Crippen molar-refractivity contribution in [1.29, 1.82) is 5.26 Å². The Bertz CT molecular complexity index is 2490. The summed E-state index contributed by atoms with van der Waals surface area (Å²) in [6.07, 6.45) is -1.43. The minimum atomic E-state index is -3.58. The molecule has 4 aromatic rings. The number of aryl methyl sites for hydroxylation is 1. The van der Waals surface area contributed by atoms with Crippen molar-refractivity contribution in [3.8, 4) is 17.6 Å². The third kappa shape index (κ3) is 7.82. The highest BCUT2D eigenvalue weighted by Crippen LogP contribution is 2.36. The van der Waals surface area contributed by atoms with Crippen LogP contribution in [-0.4, -0.2) is 47.8 Å². The molecule has 0 aliphatic rings. The van der Waals surface area contributed by atoms with E-state index < -0.39 is 155 Å². The van der Waals surface area contributed by atoms with E-state index in [1.165, 1.54) is 21.0 Å². The molecular weight excluding hydrogens is 538 g/mol. The van der Waals surface area contributed by atoms with Crippen molar-refractivity contribution < 1.29 is 40.3 Å². The number of aromatic nitrogens is 2. The van der Waals surface area contributed by atoms with Crippen LogP contribution in [0.1, 0.15) is 55.4 Å². The van der Waals surface area contributed by atoms with E-state index in [4.69, 9.17) is 45.7 Å². The lowest BCUT2D eigenvalue weighted by atomic mass is 10.0. The van der Waals surface area contributed by atoms with Gasteiger partial charge in [0.05, 0.1) is 53.2 Å². The van der Waals surface area contributed by atoms with Crippen LogP contribution in [-0.2, 0) is 17.8 Å². The summed E-state index contributed by atoms with van der Waals surface area (Å²) in [7, 11) is 2.56. The van der Waals surface area contributed by atoms with Crippen molar-refractivity contribution >= 4 is 39.7 Å². The number of allylic oxidation sites excluding steroid dienone is 1. The van der Waals surface area contributed by atoms with Gasteiger partial charge in [-0.1, -0.05) is 23.7 Å². The number of halogens is 1. The van der Waals surface area contributed by atoms with Gasteiger partial charge in [0.25, 0.3) is 0 Å². The van der Waals surface area contributed by atoms with E-state index in [9.17, 15) is 11.4 Å². The average molecular weight is 589 g/mol. The van der Waals surface area contributed by atoms with Crippen molar-refractivity contribution in [2.24, 2.45) is 0 Å². The molecule has 0 aliphatic carbocycles. The molecule has 0 saturated heterocycles. The van der Waals surface area contributed by atoms with E-state index in [2.05, 4.69) is 15.3 Å². The normalized spacial score (nSPS) is 19.4. The third-order valence-corrected chi connectivity index (χ3v) is 5.14. The Morgan fingerprint density at radius 3 is 2.90 bits per heavy atom. The fourth-order valence-electron chi connectivity index (χ4n) is 3.19. The van der Waals surface area contributed by atoms with Crippen LogP contribution in [0, 0.1) is 18.3 Å².